The second-order valence-electron chi connectivity index (χ2n) is 6.09. The van der Waals surface area contributed by atoms with Gasteiger partial charge in [0.1, 0.15) is 11.5 Å². The smallest absolute Gasteiger partial charge is 0.270 e. The van der Waals surface area contributed by atoms with Gasteiger partial charge in [-0.15, -0.1) is 11.3 Å². The number of thiazole rings is 1. The third kappa shape index (κ3) is 2.74. The quantitative estimate of drug-likeness (QED) is 0.773. The molecule has 1 aliphatic heterocycles. The van der Waals surface area contributed by atoms with Crippen LogP contribution in [0.25, 0.3) is 4.96 Å². The molecule has 0 aromatic carbocycles. The highest BCUT2D eigenvalue weighted by molar-refractivity contribution is 7.15. The first-order valence-corrected chi connectivity index (χ1v) is 9.10. The number of furan rings is 1. The Morgan fingerprint density at radius 3 is 3.04 bits per heavy atom. The summed E-state index contributed by atoms with van der Waals surface area (Å²) in [5.74, 6) is 0.817. The first kappa shape index (κ1) is 15.4. The van der Waals surface area contributed by atoms with Gasteiger partial charge in [-0.2, -0.15) is 0 Å². The molecule has 7 heteroatoms. The van der Waals surface area contributed by atoms with Gasteiger partial charge in [-0.05, 0) is 45.0 Å². The van der Waals surface area contributed by atoms with Crippen LogP contribution in [-0.4, -0.2) is 39.8 Å². The highest BCUT2D eigenvalue weighted by atomic mass is 32.1. The molecule has 1 saturated heterocycles. The largest absolute Gasteiger partial charge is 0.468 e. The number of likely N-dealkylation sites (tertiary alicyclic amines) is 1. The zero-order valence-electron chi connectivity index (χ0n) is 13.6. The Labute approximate surface area is 144 Å². The Morgan fingerprint density at radius 2 is 2.29 bits per heavy atom. The number of hydrogen-bond acceptors (Lipinski definition) is 5. The van der Waals surface area contributed by atoms with Crippen molar-refractivity contribution in [2.24, 2.45) is 0 Å². The van der Waals surface area contributed by atoms with Crippen molar-refractivity contribution in [3.8, 4) is 0 Å². The van der Waals surface area contributed by atoms with E-state index in [0.717, 1.165) is 29.5 Å². The highest BCUT2D eigenvalue weighted by Crippen LogP contribution is 2.25. The van der Waals surface area contributed by atoms with Crippen LogP contribution in [0, 0.1) is 6.92 Å². The van der Waals surface area contributed by atoms with Crippen molar-refractivity contribution in [2.75, 3.05) is 19.6 Å². The van der Waals surface area contributed by atoms with E-state index in [-0.39, 0.29) is 11.9 Å². The maximum Gasteiger partial charge on any atom is 0.270 e. The lowest BCUT2D eigenvalue weighted by Crippen LogP contribution is -2.37. The molecule has 0 spiro atoms. The second kappa shape index (κ2) is 6.41. The van der Waals surface area contributed by atoms with Gasteiger partial charge in [0.2, 0.25) is 0 Å². The van der Waals surface area contributed by atoms with Crippen LogP contribution in [0.3, 0.4) is 0 Å². The Hall–Kier alpha value is -2.12. The third-order valence-corrected chi connectivity index (χ3v) is 5.32. The number of nitrogens with one attached hydrogen (secondary N) is 1. The van der Waals surface area contributed by atoms with Crippen LogP contribution in [0.1, 0.15) is 40.8 Å². The normalized spacial score (nSPS) is 16.7. The molecule has 0 bridgehead atoms. The zero-order valence-corrected chi connectivity index (χ0v) is 14.4. The minimum absolute atomic E-state index is 0.0812. The molecule has 0 radical (unpaired) electrons. The van der Waals surface area contributed by atoms with Gasteiger partial charge in [0.05, 0.1) is 18.0 Å². The van der Waals surface area contributed by atoms with Gasteiger partial charge < -0.3 is 9.73 Å². The third-order valence-electron chi connectivity index (χ3n) is 4.56. The van der Waals surface area contributed by atoms with E-state index in [4.69, 9.17) is 4.42 Å². The lowest BCUT2D eigenvalue weighted by molar-refractivity contribution is 0.0927. The molecule has 3 aromatic heterocycles. The molecule has 1 aliphatic rings. The minimum atomic E-state index is -0.0887. The van der Waals surface area contributed by atoms with Crippen molar-refractivity contribution in [2.45, 2.75) is 25.8 Å². The van der Waals surface area contributed by atoms with Crippen molar-refractivity contribution in [1.82, 2.24) is 19.6 Å². The van der Waals surface area contributed by atoms with E-state index < -0.39 is 0 Å². The average Bonchev–Trinajstić information content (AvgIpc) is 3.32. The molecule has 1 atom stereocenters. The van der Waals surface area contributed by atoms with Crippen LogP contribution in [0.4, 0.5) is 0 Å². The second-order valence-corrected chi connectivity index (χ2v) is 6.96. The van der Waals surface area contributed by atoms with Crippen LogP contribution in [-0.2, 0) is 0 Å². The summed E-state index contributed by atoms with van der Waals surface area (Å²) >= 11 is 1.53. The predicted molar refractivity (Wildman–Crippen MR) is 92.4 cm³/mol. The van der Waals surface area contributed by atoms with E-state index in [2.05, 4.69) is 15.2 Å². The van der Waals surface area contributed by atoms with E-state index in [9.17, 15) is 4.79 Å². The van der Waals surface area contributed by atoms with Crippen molar-refractivity contribution in [3.05, 3.63) is 47.1 Å². The maximum absolute atomic E-state index is 12.7. The van der Waals surface area contributed by atoms with Gasteiger partial charge >= 0.3 is 0 Å². The van der Waals surface area contributed by atoms with Gasteiger partial charge in [-0.1, -0.05) is 0 Å². The van der Waals surface area contributed by atoms with Gasteiger partial charge in [0.25, 0.3) is 5.91 Å². The molecule has 1 N–H and O–H groups in total. The Morgan fingerprint density at radius 1 is 1.46 bits per heavy atom. The minimum Gasteiger partial charge on any atom is -0.468 e. The molecule has 4 rings (SSSR count). The van der Waals surface area contributed by atoms with Gasteiger partial charge in [-0.3, -0.25) is 14.1 Å². The van der Waals surface area contributed by atoms with Crippen molar-refractivity contribution < 1.29 is 9.21 Å². The first-order valence-electron chi connectivity index (χ1n) is 8.22. The van der Waals surface area contributed by atoms with E-state index in [0.29, 0.717) is 12.2 Å². The molecular weight excluding hydrogens is 324 g/mol. The molecule has 24 heavy (non-hydrogen) atoms. The van der Waals surface area contributed by atoms with E-state index in [1.54, 1.807) is 6.26 Å². The molecule has 0 aliphatic carbocycles. The number of aromatic nitrogens is 2. The van der Waals surface area contributed by atoms with Crippen molar-refractivity contribution in [3.63, 3.8) is 0 Å². The molecule has 0 unspecified atom stereocenters. The number of carbonyl (C=O) groups is 1. The van der Waals surface area contributed by atoms with Crippen LogP contribution < -0.4 is 5.32 Å². The lowest BCUT2D eigenvalue weighted by Gasteiger charge is -2.25. The van der Waals surface area contributed by atoms with Crippen LogP contribution >= 0.6 is 11.3 Å². The number of carbonyl (C=O) groups excluding carboxylic acids is 1. The Balaban J connectivity index is 1.52. The fourth-order valence-electron chi connectivity index (χ4n) is 3.38. The Bertz CT molecular complexity index is 830. The first-order chi connectivity index (χ1) is 11.7. The summed E-state index contributed by atoms with van der Waals surface area (Å²) in [5.41, 5.74) is 1.38. The Kier molecular flexibility index (Phi) is 4.12. The number of hydrogen-bond donors (Lipinski definition) is 1. The van der Waals surface area contributed by atoms with Gasteiger partial charge in [0.15, 0.2) is 4.96 Å². The summed E-state index contributed by atoms with van der Waals surface area (Å²) in [4.78, 5) is 20.4. The van der Waals surface area contributed by atoms with Crippen LogP contribution in [0.15, 0.2) is 34.4 Å². The summed E-state index contributed by atoms with van der Waals surface area (Å²) in [5, 5.41) is 5.02. The van der Waals surface area contributed by atoms with Gasteiger partial charge in [-0.25, -0.2) is 4.98 Å². The van der Waals surface area contributed by atoms with Crippen molar-refractivity contribution >= 4 is 22.2 Å². The summed E-state index contributed by atoms with van der Waals surface area (Å²) in [6, 6.07) is 3.96. The van der Waals surface area contributed by atoms with Crippen LogP contribution in [0.2, 0.25) is 0 Å². The standard InChI is InChI=1S/C17H20N4O2S/c1-12-15(21-8-10-24-17(21)19-12)16(22)18-11-13(14-5-4-9-23-14)20-6-2-3-7-20/h4-5,8-10,13H,2-3,6-7,11H2,1H3,(H,18,22)/t13-/m0/s1. The number of nitrogens with zero attached hydrogens (tertiary/aromatic N) is 3. The molecule has 4 heterocycles. The summed E-state index contributed by atoms with van der Waals surface area (Å²) in [6.45, 7) is 4.49. The summed E-state index contributed by atoms with van der Waals surface area (Å²) in [6.07, 6.45) is 5.97. The predicted octanol–water partition coefficient (Wildman–Crippen LogP) is 2.86. The topological polar surface area (TPSA) is 62.8 Å². The number of aryl methyl sites for hydroxylation is 1. The SMILES string of the molecule is Cc1nc2sccn2c1C(=O)NC[C@@H](c1ccco1)N1CCCC1. The van der Waals surface area contributed by atoms with E-state index in [1.807, 2.05) is 35.0 Å². The molecule has 0 saturated carbocycles. The maximum atomic E-state index is 12.7. The molecule has 3 aromatic rings. The number of amides is 1. The highest BCUT2D eigenvalue weighted by Gasteiger charge is 2.27. The average molecular weight is 344 g/mol. The molecule has 126 valence electrons. The number of rotatable bonds is 5. The van der Waals surface area contributed by atoms with Crippen molar-refractivity contribution in [1.29, 1.82) is 0 Å². The molecule has 1 amide bonds. The monoisotopic (exact) mass is 344 g/mol. The van der Waals surface area contributed by atoms with Crippen LogP contribution in [0.5, 0.6) is 0 Å². The van der Waals surface area contributed by atoms with E-state index in [1.165, 1.54) is 24.2 Å². The van der Waals surface area contributed by atoms with Gasteiger partial charge in [0, 0.05) is 18.1 Å². The number of imidazole rings is 1. The molecule has 1 fully saturated rings. The van der Waals surface area contributed by atoms with E-state index >= 15 is 0 Å². The summed E-state index contributed by atoms with van der Waals surface area (Å²) < 4.78 is 7.46. The summed E-state index contributed by atoms with van der Waals surface area (Å²) in [7, 11) is 0. The fraction of sp³-hybridized carbons (Fsp3) is 0.412. The lowest BCUT2D eigenvalue weighted by atomic mass is 10.2. The fourth-order valence-corrected chi connectivity index (χ4v) is 4.14. The zero-order chi connectivity index (χ0) is 16.5. The molecular formula is C17H20N4O2S. The molecule has 6 nitrogen and oxygen atoms in total. The number of fused-ring (bicyclic) bond motifs is 1.